The minimum atomic E-state index is -3.22. The minimum Gasteiger partial charge on any atom is -0.309 e. The molecule has 0 saturated heterocycles. The highest BCUT2D eigenvalue weighted by molar-refractivity contribution is 9.10. The van der Waals surface area contributed by atoms with E-state index in [2.05, 4.69) is 49.7 Å². The molecule has 2 rings (SSSR count). The van der Waals surface area contributed by atoms with Crippen LogP contribution in [0.1, 0.15) is 19.4 Å². The van der Waals surface area contributed by atoms with Crippen molar-refractivity contribution in [2.45, 2.75) is 26.3 Å². The van der Waals surface area contributed by atoms with E-state index in [0.717, 1.165) is 15.7 Å². The number of carbonyl (C=O) groups is 1. The summed E-state index contributed by atoms with van der Waals surface area (Å²) in [7, 11) is 0. The lowest BCUT2D eigenvalue weighted by atomic mass is 10.2. The number of anilines is 1. The van der Waals surface area contributed by atoms with Gasteiger partial charge in [0.2, 0.25) is 5.91 Å². The summed E-state index contributed by atoms with van der Waals surface area (Å²) in [5, 5.41) is -3.22. The first-order valence-electron chi connectivity index (χ1n) is 5.39. The third-order valence-electron chi connectivity index (χ3n) is 2.47. The van der Waals surface area contributed by atoms with E-state index in [9.17, 15) is 9.36 Å². The van der Waals surface area contributed by atoms with E-state index >= 15 is 0 Å². The Balaban J connectivity index is 0.000000312. The Labute approximate surface area is 135 Å². The number of benzene rings is 1. The number of rotatable bonds is 1. The highest BCUT2D eigenvalue weighted by Crippen LogP contribution is 2.61. The zero-order valence-corrected chi connectivity index (χ0v) is 15.0. The van der Waals surface area contributed by atoms with Gasteiger partial charge >= 0.3 is 5.20 Å². The molecule has 1 aromatic rings. The maximum atomic E-state index is 11.7. The molecule has 0 atom stereocenters. The Morgan fingerprint density at radius 3 is 2.32 bits per heavy atom. The van der Waals surface area contributed by atoms with Crippen molar-refractivity contribution in [1.82, 2.24) is 0 Å². The molecule has 0 aliphatic carbocycles. The Morgan fingerprint density at radius 2 is 1.84 bits per heavy atom. The number of fused-ring (bicyclic) bond motifs is 1. The van der Waals surface area contributed by atoms with Crippen LogP contribution in [0.25, 0.3) is 0 Å². The summed E-state index contributed by atoms with van der Waals surface area (Å²) in [5.74, 6) is 0.196. The Hall–Kier alpha value is 0.270. The van der Waals surface area contributed by atoms with Gasteiger partial charge in [-0.15, -0.1) is 0 Å². The molecule has 1 amide bonds. The predicted octanol–water partition coefficient (Wildman–Crippen LogP) is 5.56. The van der Waals surface area contributed by atoms with Crippen LogP contribution in [0.2, 0.25) is 0 Å². The topological polar surface area (TPSA) is 37.4 Å². The Morgan fingerprint density at radius 1 is 1.32 bits per heavy atom. The molecule has 0 bridgehead atoms. The number of halogens is 4. The Kier molecular flexibility index (Phi) is 6.22. The highest BCUT2D eigenvalue weighted by Gasteiger charge is 2.30. The molecule has 0 fully saturated rings. The average Bonchev–Trinajstić information content (AvgIpc) is 2.53. The van der Waals surface area contributed by atoms with Gasteiger partial charge in [-0.3, -0.25) is 9.36 Å². The quantitative estimate of drug-likeness (QED) is 0.572. The fraction of sp³-hybridized carbons (Fsp3) is 0.364. The van der Waals surface area contributed by atoms with Gasteiger partial charge in [0.25, 0.3) is 0 Å². The first-order valence-corrected chi connectivity index (χ1v) is 10.6. The minimum absolute atomic E-state index is 0.196. The van der Waals surface area contributed by atoms with E-state index in [-0.39, 0.29) is 11.9 Å². The third kappa shape index (κ3) is 5.28. The number of hydrogen-bond donors (Lipinski definition) is 0. The summed E-state index contributed by atoms with van der Waals surface area (Å²) in [6.07, 6.45) is 0.523. The second kappa shape index (κ2) is 6.82. The van der Waals surface area contributed by atoms with E-state index in [1.807, 2.05) is 36.9 Å². The maximum absolute atomic E-state index is 11.7. The van der Waals surface area contributed by atoms with Crippen LogP contribution in [0.5, 0.6) is 0 Å². The van der Waals surface area contributed by atoms with Crippen molar-refractivity contribution in [3.05, 3.63) is 28.2 Å². The zero-order valence-electron chi connectivity index (χ0n) is 10.2. The molecule has 1 aromatic carbocycles. The summed E-state index contributed by atoms with van der Waals surface area (Å²) in [4.78, 5) is 13.6. The first-order chi connectivity index (χ1) is 8.61. The van der Waals surface area contributed by atoms with Crippen LogP contribution >= 0.6 is 54.9 Å². The van der Waals surface area contributed by atoms with E-state index in [4.69, 9.17) is 0 Å². The molecule has 1 aliphatic heterocycles. The highest BCUT2D eigenvalue weighted by atomic mass is 79.9. The number of nitrogens with zero attached hydrogens (tertiary/aromatic N) is 1. The largest absolute Gasteiger partial charge is 0.339 e. The van der Waals surface area contributed by atoms with Crippen LogP contribution < -0.4 is 4.90 Å². The molecule has 0 saturated carbocycles. The summed E-state index contributed by atoms with van der Waals surface area (Å²) < 4.78 is 10.5. The normalized spacial score (nSPS) is 14.3. The van der Waals surface area contributed by atoms with Crippen molar-refractivity contribution < 1.29 is 9.36 Å². The molecule has 19 heavy (non-hydrogen) atoms. The standard InChI is InChI=1S/C11H12BrNO.Cl3OP/c1-7(2)13-10-5-3-4-9(12)8(10)6-11(13)14;1-5(2,3)4/h3-5,7H,6H2,1-2H3;. The van der Waals surface area contributed by atoms with Crippen molar-refractivity contribution in [2.24, 2.45) is 0 Å². The number of carbonyl (C=O) groups excluding carboxylic acids is 1. The Bertz CT molecular complexity index is 524. The summed E-state index contributed by atoms with van der Waals surface area (Å²) >= 11 is 17.3. The van der Waals surface area contributed by atoms with Crippen molar-refractivity contribution in [3.8, 4) is 0 Å². The fourth-order valence-corrected chi connectivity index (χ4v) is 2.38. The third-order valence-corrected chi connectivity index (χ3v) is 3.21. The molecule has 1 aliphatic rings. The second-order valence-corrected chi connectivity index (χ2v) is 11.7. The van der Waals surface area contributed by atoms with Crippen molar-refractivity contribution in [3.63, 3.8) is 0 Å². The van der Waals surface area contributed by atoms with Gasteiger partial charge < -0.3 is 4.90 Å². The number of hydrogen-bond acceptors (Lipinski definition) is 2. The molecular formula is C11H12BrCl3NO2P. The van der Waals surface area contributed by atoms with Crippen LogP contribution in [0.4, 0.5) is 5.69 Å². The van der Waals surface area contributed by atoms with Gasteiger partial charge in [0.1, 0.15) is 0 Å². The molecule has 0 radical (unpaired) electrons. The average molecular weight is 407 g/mol. The van der Waals surface area contributed by atoms with Gasteiger partial charge in [0.15, 0.2) is 0 Å². The molecule has 8 heteroatoms. The van der Waals surface area contributed by atoms with Crippen LogP contribution in [0.3, 0.4) is 0 Å². The predicted molar refractivity (Wildman–Crippen MR) is 85.6 cm³/mol. The molecule has 106 valence electrons. The molecule has 3 nitrogen and oxygen atoms in total. The molecule has 0 aromatic heterocycles. The fourth-order valence-electron chi connectivity index (χ4n) is 1.88. The summed E-state index contributed by atoms with van der Waals surface area (Å²) in [5.41, 5.74) is 2.17. The van der Waals surface area contributed by atoms with Crippen LogP contribution in [-0.4, -0.2) is 11.9 Å². The van der Waals surface area contributed by atoms with Gasteiger partial charge in [0.05, 0.1) is 6.42 Å². The van der Waals surface area contributed by atoms with Gasteiger partial charge in [-0.2, -0.15) is 0 Å². The number of amides is 1. The van der Waals surface area contributed by atoms with Gasteiger partial charge in [0, 0.05) is 16.2 Å². The zero-order chi connectivity index (χ0) is 14.8. The van der Waals surface area contributed by atoms with Crippen molar-refractivity contribution >= 4 is 66.4 Å². The molecule has 0 N–H and O–H groups in total. The summed E-state index contributed by atoms with van der Waals surface area (Å²) in [6.45, 7) is 4.07. The second-order valence-electron chi connectivity index (χ2n) is 4.17. The van der Waals surface area contributed by atoms with E-state index in [0.29, 0.717) is 6.42 Å². The molecule has 0 unspecified atom stereocenters. The maximum Gasteiger partial charge on any atom is 0.339 e. The van der Waals surface area contributed by atoms with E-state index in [1.165, 1.54) is 0 Å². The van der Waals surface area contributed by atoms with Crippen LogP contribution in [-0.2, 0) is 15.8 Å². The van der Waals surface area contributed by atoms with Crippen LogP contribution in [0, 0.1) is 0 Å². The molecular weight excluding hydrogens is 395 g/mol. The van der Waals surface area contributed by atoms with Crippen molar-refractivity contribution in [2.75, 3.05) is 4.90 Å². The monoisotopic (exact) mass is 405 g/mol. The van der Waals surface area contributed by atoms with E-state index in [1.54, 1.807) is 0 Å². The van der Waals surface area contributed by atoms with E-state index < -0.39 is 5.20 Å². The van der Waals surface area contributed by atoms with Crippen LogP contribution in [0.15, 0.2) is 22.7 Å². The van der Waals surface area contributed by atoms with Gasteiger partial charge in [-0.1, -0.05) is 22.0 Å². The summed E-state index contributed by atoms with van der Waals surface area (Å²) in [6, 6.07) is 6.19. The smallest absolute Gasteiger partial charge is 0.309 e. The first kappa shape index (κ1) is 17.3. The SMILES string of the molecule is CC(C)N1C(=O)Cc2c(Br)cccc21.O=P(Cl)(Cl)Cl. The lowest BCUT2D eigenvalue weighted by molar-refractivity contribution is -0.117. The lowest BCUT2D eigenvalue weighted by Crippen LogP contribution is -2.33. The van der Waals surface area contributed by atoms with Crippen molar-refractivity contribution in [1.29, 1.82) is 0 Å². The molecule has 1 heterocycles. The molecule has 0 spiro atoms. The van der Waals surface area contributed by atoms with Gasteiger partial charge in [-0.05, 0) is 65.3 Å². The van der Waals surface area contributed by atoms with Gasteiger partial charge in [-0.25, -0.2) is 0 Å². The lowest BCUT2D eigenvalue weighted by Gasteiger charge is -2.21.